The highest BCUT2D eigenvalue weighted by atomic mass is 15.0. The van der Waals surface area contributed by atoms with Crippen LogP contribution >= 0.6 is 0 Å². The van der Waals surface area contributed by atoms with E-state index in [9.17, 15) is 0 Å². The average Bonchev–Trinajstić information content (AvgIpc) is 2.61. The minimum Gasteiger partial charge on any atom is -0.306 e. The van der Waals surface area contributed by atoms with Crippen LogP contribution in [0.2, 0.25) is 0 Å². The number of benzene rings is 1. The van der Waals surface area contributed by atoms with Crippen molar-refractivity contribution in [1.29, 1.82) is 0 Å². The van der Waals surface area contributed by atoms with Crippen LogP contribution in [-0.2, 0) is 0 Å². The summed E-state index contributed by atoms with van der Waals surface area (Å²) in [6.45, 7) is 0. The van der Waals surface area contributed by atoms with Crippen LogP contribution in [0.15, 0.2) is 48.9 Å². The smallest absolute Gasteiger partial charge is 0.137 e. The van der Waals surface area contributed by atoms with Gasteiger partial charge in [0.2, 0.25) is 0 Å². The molecule has 13 heavy (non-hydrogen) atoms. The van der Waals surface area contributed by atoms with Crippen LogP contribution in [0.3, 0.4) is 0 Å². The fraction of sp³-hybridized carbons (Fsp3) is 0. The summed E-state index contributed by atoms with van der Waals surface area (Å²) < 4.78 is 2.03. The third kappa shape index (κ3) is 0.920. The Balaban J connectivity index is 2.57. The number of aromatic nitrogens is 2. The monoisotopic (exact) mass is 168 g/mol. The molecule has 0 bridgehead atoms. The number of rotatable bonds is 0. The van der Waals surface area contributed by atoms with Crippen molar-refractivity contribution in [1.82, 2.24) is 9.38 Å². The van der Waals surface area contributed by atoms with E-state index in [-0.39, 0.29) is 0 Å². The van der Waals surface area contributed by atoms with E-state index in [0.29, 0.717) is 0 Å². The lowest BCUT2D eigenvalue weighted by Crippen LogP contribution is -1.82. The van der Waals surface area contributed by atoms with Gasteiger partial charge in [0.1, 0.15) is 5.65 Å². The van der Waals surface area contributed by atoms with Crippen molar-refractivity contribution >= 4 is 16.4 Å². The van der Waals surface area contributed by atoms with E-state index < -0.39 is 0 Å². The molecule has 3 aromatic rings. The van der Waals surface area contributed by atoms with Crippen molar-refractivity contribution in [3.8, 4) is 0 Å². The average molecular weight is 168 g/mol. The summed E-state index contributed by atoms with van der Waals surface area (Å²) in [5.41, 5.74) is 0.999. The van der Waals surface area contributed by atoms with Crippen molar-refractivity contribution in [3.63, 3.8) is 0 Å². The van der Waals surface area contributed by atoms with Gasteiger partial charge in [-0.05, 0) is 16.8 Å². The van der Waals surface area contributed by atoms with E-state index in [0.717, 1.165) is 5.65 Å². The standard InChI is InChI=1S/C11H8N2/c1-2-4-10-8-13-6-5-12-11(13)7-9(10)3-1/h1-8H. The van der Waals surface area contributed by atoms with Crippen molar-refractivity contribution in [2.24, 2.45) is 0 Å². The van der Waals surface area contributed by atoms with Gasteiger partial charge in [0, 0.05) is 18.6 Å². The van der Waals surface area contributed by atoms with Crippen molar-refractivity contribution in [3.05, 3.63) is 48.9 Å². The van der Waals surface area contributed by atoms with Crippen molar-refractivity contribution < 1.29 is 0 Å². The molecule has 1 aromatic carbocycles. The van der Waals surface area contributed by atoms with Gasteiger partial charge in [0.15, 0.2) is 0 Å². The molecule has 0 unspecified atom stereocenters. The number of hydrogen-bond donors (Lipinski definition) is 0. The molecule has 0 N–H and O–H groups in total. The van der Waals surface area contributed by atoms with Crippen LogP contribution in [0.25, 0.3) is 16.4 Å². The largest absolute Gasteiger partial charge is 0.306 e. The maximum Gasteiger partial charge on any atom is 0.137 e. The zero-order valence-corrected chi connectivity index (χ0v) is 7.01. The van der Waals surface area contributed by atoms with Gasteiger partial charge >= 0.3 is 0 Å². The lowest BCUT2D eigenvalue weighted by molar-refractivity contribution is 1.21. The van der Waals surface area contributed by atoms with Crippen LogP contribution in [0.1, 0.15) is 0 Å². The highest BCUT2D eigenvalue weighted by molar-refractivity contribution is 5.84. The molecule has 3 rings (SSSR count). The minimum atomic E-state index is 0.999. The van der Waals surface area contributed by atoms with E-state index in [1.165, 1.54) is 10.8 Å². The van der Waals surface area contributed by atoms with Crippen molar-refractivity contribution in [2.75, 3.05) is 0 Å². The third-order valence-electron chi connectivity index (χ3n) is 2.26. The Morgan fingerprint density at radius 2 is 1.92 bits per heavy atom. The lowest BCUT2D eigenvalue weighted by Gasteiger charge is -1.98. The van der Waals surface area contributed by atoms with Gasteiger partial charge in [-0.1, -0.05) is 24.3 Å². The zero-order chi connectivity index (χ0) is 8.67. The molecule has 0 atom stereocenters. The molecule has 0 saturated heterocycles. The predicted molar refractivity (Wildman–Crippen MR) is 52.7 cm³/mol. The Bertz CT molecular complexity index is 517. The second-order valence-corrected chi connectivity index (χ2v) is 3.10. The Hall–Kier alpha value is -1.83. The highest BCUT2D eigenvalue weighted by Gasteiger charge is 1.95. The molecule has 0 spiro atoms. The number of fused-ring (bicyclic) bond motifs is 2. The molecule has 0 aliphatic heterocycles. The summed E-state index contributed by atoms with van der Waals surface area (Å²) in [5.74, 6) is 0. The van der Waals surface area contributed by atoms with Gasteiger partial charge in [-0.15, -0.1) is 0 Å². The van der Waals surface area contributed by atoms with Gasteiger partial charge in [-0.3, -0.25) is 0 Å². The maximum absolute atomic E-state index is 4.23. The van der Waals surface area contributed by atoms with Crippen LogP contribution < -0.4 is 0 Å². The van der Waals surface area contributed by atoms with Gasteiger partial charge < -0.3 is 4.40 Å². The summed E-state index contributed by atoms with van der Waals surface area (Å²) in [4.78, 5) is 4.23. The van der Waals surface area contributed by atoms with Crippen LogP contribution in [-0.4, -0.2) is 9.38 Å². The molecule has 62 valence electrons. The summed E-state index contributed by atoms with van der Waals surface area (Å²) >= 11 is 0. The summed E-state index contributed by atoms with van der Waals surface area (Å²) in [6, 6.07) is 10.4. The molecule has 0 amide bonds. The Kier molecular flexibility index (Phi) is 1.19. The molecule has 2 nitrogen and oxygen atoms in total. The molecule has 0 radical (unpaired) electrons. The molecule has 0 aliphatic rings. The molecule has 2 heteroatoms. The van der Waals surface area contributed by atoms with E-state index in [2.05, 4.69) is 29.4 Å². The van der Waals surface area contributed by atoms with Crippen LogP contribution in [0, 0.1) is 0 Å². The predicted octanol–water partition coefficient (Wildman–Crippen LogP) is 2.49. The van der Waals surface area contributed by atoms with Gasteiger partial charge in [-0.2, -0.15) is 0 Å². The lowest BCUT2D eigenvalue weighted by atomic mass is 10.2. The molecule has 0 fully saturated rings. The number of hydrogen-bond acceptors (Lipinski definition) is 1. The fourth-order valence-corrected chi connectivity index (χ4v) is 1.59. The second kappa shape index (κ2) is 2.33. The van der Waals surface area contributed by atoms with E-state index in [4.69, 9.17) is 0 Å². The van der Waals surface area contributed by atoms with Crippen LogP contribution in [0.4, 0.5) is 0 Å². The second-order valence-electron chi connectivity index (χ2n) is 3.10. The first kappa shape index (κ1) is 6.66. The Morgan fingerprint density at radius 3 is 2.85 bits per heavy atom. The SMILES string of the molecule is c1ccc2cn3ccnc3cc2c1. The molecule has 0 aliphatic carbocycles. The van der Waals surface area contributed by atoms with Gasteiger partial charge in [0.05, 0.1) is 0 Å². The zero-order valence-electron chi connectivity index (χ0n) is 7.01. The molecule has 2 heterocycles. The first-order valence-corrected chi connectivity index (χ1v) is 4.25. The third-order valence-corrected chi connectivity index (χ3v) is 2.26. The van der Waals surface area contributed by atoms with Crippen LogP contribution in [0.5, 0.6) is 0 Å². The maximum atomic E-state index is 4.23. The summed E-state index contributed by atoms with van der Waals surface area (Å²) in [7, 11) is 0. The Labute approximate surface area is 75.5 Å². The number of nitrogens with zero attached hydrogens (tertiary/aromatic N) is 2. The van der Waals surface area contributed by atoms with Crippen molar-refractivity contribution in [2.45, 2.75) is 0 Å². The van der Waals surface area contributed by atoms with E-state index >= 15 is 0 Å². The van der Waals surface area contributed by atoms with Gasteiger partial charge in [-0.25, -0.2) is 4.98 Å². The van der Waals surface area contributed by atoms with E-state index in [1.54, 1.807) is 0 Å². The fourth-order valence-electron chi connectivity index (χ4n) is 1.59. The minimum absolute atomic E-state index is 0.999. The first-order chi connectivity index (χ1) is 6.43. The summed E-state index contributed by atoms with van der Waals surface area (Å²) in [6.07, 6.45) is 5.87. The normalized spacial score (nSPS) is 11.1. The quantitative estimate of drug-likeness (QED) is 0.504. The topological polar surface area (TPSA) is 17.3 Å². The molecular weight excluding hydrogens is 160 g/mol. The summed E-state index contributed by atoms with van der Waals surface area (Å²) in [5, 5.41) is 2.48. The van der Waals surface area contributed by atoms with E-state index in [1.807, 2.05) is 28.9 Å². The molecule has 2 aromatic heterocycles. The molecular formula is C11H8N2. The first-order valence-electron chi connectivity index (χ1n) is 4.25. The highest BCUT2D eigenvalue weighted by Crippen LogP contribution is 2.15. The Morgan fingerprint density at radius 1 is 1.08 bits per heavy atom. The number of imidazole rings is 1. The number of pyridine rings is 1. The molecule has 0 saturated carbocycles. The van der Waals surface area contributed by atoms with Gasteiger partial charge in [0.25, 0.3) is 0 Å².